The number of nitrogens with zero attached hydrogens (tertiary/aromatic N) is 3. The van der Waals surface area contributed by atoms with Crippen LogP contribution in [-0.2, 0) is 14.6 Å². The van der Waals surface area contributed by atoms with Crippen LogP contribution in [0.2, 0.25) is 0 Å². The van der Waals surface area contributed by atoms with Gasteiger partial charge in [-0.2, -0.15) is 0 Å². The molecule has 0 saturated carbocycles. The van der Waals surface area contributed by atoms with E-state index >= 15 is 0 Å². The second kappa shape index (κ2) is 7.43. The number of hydrogen-bond donors (Lipinski definition) is 0. The summed E-state index contributed by atoms with van der Waals surface area (Å²) in [6, 6.07) is 6.76. The smallest absolute Gasteiger partial charge is 0.227 e. The Hall–Kier alpha value is -1.44. The van der Waals surface area contributed by atoms with Crippen molar-refractivity contribution >= 4 is 21.4 Å². The summed E-state index contributed by atoms with van der Waals surface area (Å²) in [5, 5.41) is 0. The number of sulfone groups is 1. The van der Waals surface area contributed by atoms with E-state index in [0.29, 0.717) is 17.9 Å². The monoisotopic (exact) mass is 365 g/mol. The summed E-state index contributed by atoms with van der Waals surface area (Å²) < 4.78 is 25.5. The quantitative estimate of drug-likeness (QED) is 0.785. The molecule has 2 saturated heterocycles. The molecule has 1 amide bonds. The van der Waals surface area contributed by atoms with Gasteiger partial charge in [0.2, 0.25) is 5.91 Å². The Bertz CT molecular complexity index is 710. The molecule has 1 aromatic carbocycles. The molecule has 138 valence electrons. The first kappa shape index (κ1) is 18.4. The predicted molar refractivity (Wildman–Crippen MR) is 98.6 cm³/mol. The first-order valence-corrected chi connectivity index (χ1v) is 10.6. The van der Waals surface area contributed by atoms with Gasteiger partial charge in [0, 0.05) is 50.9 Å². The van der Waals surface area contributed by atoms with E-state index in [-0.39, 0.29) is 17.7 Å². The summed E-state index contributed by atoms with van der Waals surface area (Å²) in [6.07, 6.45) is 1.43. The van der Waals surface area contributed by atoms with Crippen LogP contribution in [-0.4, -0.2) is 75.7 Å². The van der Waals surface area contributed by atoms with Gasteiger partial charge in [-0.25, -0.2) is 8.42 Å². The maximum atomic E-state index is 12.7. The molecule has 0 aliphatic carbocycles. The number of hydrogen-bond acceptors (Lipinski definition) is 5. The van der Waals surface area contributed by atoms with Crippen molar-refractivity contribution in [3.63, 3.8) is 0 Å². The van der Waals surface area contributed by atoms with Crippen molar-refractivity contribution < 1.29 is 13.2 Å². The molecule has 0 unspecified atom stereocenters. The minimum atomic E-state index is -3.33. The maximum Gasteiger partial charge on any atom is 0.227 e. The highest BCUT2D eigenvalue weighted by Gasteiger charge is 2.26. The molecule has 2 aliphatic heterocycles. The molecule has 0 radical (unpaired) electrons. The molecule has 2 aliphatic rings. The number of carbonyl (C=O) groups is 1. The van der Waals surface area contributed by atoms with Gasteiger partial charge in [-0.05, 0) is 44.7 Å². The van der Waals surface area contributed by atoms with Gasteiger partial charge in [-0.1, -0.05) is 0 Å². The molecular formula is C18H27N3O3S. The van der Waals surface area contributed by atoms with E-state index in [1.165, 1.54) is 0 Å². The highest BCUT2D eigenvalue weighted by Crippen LogP contribution is 2.24. The number of rotatable bonds is 5. The normalized spacial score (nSPS) is 21.7. The SMILES string of the molecule is C[C@@H](CS(=O)(=O)c1ccc(N2CCCC2=O)cc1)N1CCN(C)CC1. The standard InChI is InChI=1S/C18H27N3O3S/c1-15(20-12-10-19(2)11-13-20)14-25(23,24)17-7-5-16(6-8-17)21-9-3-4-18(21)22/h5-8,15H,3-4,9-14H2,1-2H3/t15-/m0/s1. The molecule has 6 nitrogen and oxygen atoms in total. The number of likely N-dealkylation sites (N-methyl/N-ethyl adjacent to an activating group) is 1. The van der Waals surface area contributed by atoms with Crippen molar-refractivity contribution in [1.29, 1.82) is 0 Å². The van der Waals surface area contributed by atoms with Gasteiger partial charge in [0.05, 0.1) is 10.6 Å². The fourth-order valence-corrected chi connectivity index (χ4v) is 5.13. The third-order valence-electron chi connectivity index (χ3n) is 5.20. The Morgan fingerprint density at radius 1 is 1.04 bits per heavy atom. The van der Waals surface area contributed by atoms with E-state index in [0.717, 1.165) is 38.3 Å². The topological polar surface area (TPSA) is 60.9 Å². The van der Waals surface area contributed by atoms with E-state index in [1.807, 2.05) is 6.92 Å². The van der Waals surface area contributed by atoms with Crippen LogP contribution < -0.4 is 4.90 Å². The molecular weight excluding hydrogens is 338 g/mol. The lowest BCUT2D eigenvalue weighted by Gasteiger charge is -2.36. The van der Waals surface area contributed by atoms with Crippen molar-refractivity contribution in [2.24, 2.45) is 0 Å². The second-order valence-electron chi connectivity index (χ2n) is 7.11. The number of piperazine rings is 1. The molecule has 2 fully saturated rings. The average Bonchev–Trinajstić information content (AvgIpc) is 3.01. The number of amides is 1. The fourth-order valence-electron chi connectivity index (χ4n) is 3.54. The minimum Gasteiger partial charge on any atom is -0.312 e. The van der Waals surface area contributed by atoms with Crippen molar-refractivity contribution in [3.8, 4) is 0 Å². The Labute approximate surface area is 150 Å². The summed E-state index contributed by atoms with van der Waals surface area (Å²) in [5.74, 6) is 0.234. The number of carbonyl (C=O) groups excluding carboxylic acids is 1. The average molecular weight is 365 g/mol. The molecule has 0 N–H and O–H groups in total. The molecule has 0 aromatic heterocycles. The third kappa shape index (κ3) is 4.22. The predicted octanol–water partition coefficient (Wildman–Crippen LogP) is 1.22. The van der Waals surface area contributed by atoms with Crippen LogP contribution in [0, 0.1) is 0 Å². The largest absolute Gasteiger partial charge is 0.312 e. The van der Waals surface area contributed by atoms with Crippen molar-refractivity contribution in [2.75, 3.05) is 50.4 Å². The minimum absolute atomic E-state index is 0.00136. The fraction of sp³-hybridized carbons (Fsp3) is 0.611. The number of benzene rings is 1. The van der Waals surface area contributed by atoms with E-state index in [1.54, 1.807) is 29.2 Å². The van der Waals surface area contributed by atoms with Gasteiger partial charge in [0.15, 0.2) is 9.84 Å². The lowest BCUT2D eigenvalue weighted by Crippen LogP contribution is -2.49. The summed E-state index contributed by atoms with van der Waals surface area (Å²) in [6.45, 7) is 6.46. The van der Waals surface area contributed by atoms with Gasteiger partial charge >= 0.3 is 0 Å². The van der Waals surface area contributed by atoms with Crippen LogP contribution in [0.4, 0.5) is 5.69 Å². The molecule has 0 spiro atoms. The summed E-state index contributed by atoms with van der Waals surface area (Å²) >= 11 is 0. The first-order chi connectivity index (χ1) is 11.9. The number of anilines is 1. The van der Waals surface area contributed by atoms with Gasteiger partial charge in [0.25, 0.3) is 0 Å². The molecule has 1 aromatic rings. The maximum absolute atomic E-state index is 12.7. The van der Waals surface area contributed by atoms with E-state index in [4.69, 9.17) is 0 Å². The lowest BCUT2D eigenvalue weighted by atomic mass is 10.2. The highest BCUT2D eigenvalue weighted by atomic mass is 32.2. The third-order valence-corrected chi connectivity index (χ3v) is 7.11. The summed E-state index contributed by atoms with van der Waals surface area (Å²) in [4.78, 5) is 18.4. The Kier molecular flexibility index (Phi) is 5.46. The van der Waals surface area contributed by atoms with Crippen LogP contribution in [0.3, 0.4) is 0 Å². The van der Waals surface area contributed by atoms with Crippen LogP contribution in [0.5, 0.6) is 0 Å². The lowest BCUT2D eigenvalue weighted by molar-refractivity contribution is -0.117. The molecule has 1 atom stereocenters. The van der Waals surface area contributed by atoms with Gasteiger partial charge in [-0.15, -0.1) is 0 Å². The summed E-state index contributed by atoms with van der Waals surface area (Å²) in [5.41, 5.74) is 0.786. The highest BCUT2D eigenvalue weighted by molar-refractivity contribution is 7.91. The Morgan fingerprint density at radius 2 is 1.68 bits per heavy atom. The second-order valence-corrected chi connectivity index (χ2v) is 9.15. The van der Waals surface area contributed by atoms with Gasteiger partial charge in [-0.3, -0.25) is 9.69 Å². The zero-order valence-electron chi connectivity index (χ0n) is 15.0. The zero-order chi connectivity index (χ0) is 18.0. The molecule has 3 rings (SSSR count). The van der Waals surface area contributed by atoms with Crippen LogP contribution in [0.1, 0.15) is 19.8 Å². The molecule has 0 bridgehead atoms. The van der Waals surface area contributed by atoms with E-state index in [2.05, 4.69) is 16.8 Å². The van der Waals surface area contributed by atoms with Gasteiger partial charge < -0.3 is 9.80 Å². The van der Waals surface area contributed by atoms with Crippen molar-refractivity contribution in [1.82, 2.24) is 9.80 Å². The molecule has 7 heteroatoms. The van der Waals surface area contributed by atoms with Gasteiger partial charge in [0.1, 0.15) is 0 Å². The van der Waals surface area contributed by atoms with E-state index in [9.17, 15) is 13.2 Å². The summed E-state index contributed by atoms with van der Waals surface area (Å²) in [7, 11) is -1.25. The van der Waals surface area contributed by atoms with Crippen molar-refractivity contribution in [3.05, 3.63) is 24.3 Å². The first-order valence-electron chi connectivity index (χ1n) is 8.92. The van der Waals surface area contributed by atoms with Crippen LogP contribution in [0.15, 0.2) is 29.2 Å². The van der Waals surface area contributed by atoms with Crippen molar-refractivity contribution in [2.45, 2.75) is 30.7 Å². The zero-order valence-corrected chi connectivity index (χ0v) is 15.8. The molecule has 25 heavy (non-hydrogen) atoms. The molecule has 2 heterocycles. The van der Waals surface area contributed by atoms with Crippen LogP contribution >= 0.6 is 0 Å². The Morgan fingerprint density at radius 3 is 2.24 bits per heavy atom. The van der Waals surface area contributed by atoms with Crippen LogP contribution in [0.25, 0.3) is 0 Å². The van der Waals surface area contributed by atoms with E-state index < -0.39 is 9.84 Å². The Balaban J connectivity index is 1.66.